The van der Waals surface area contributed by atoms with Crippen molar-refractivity contribution in [3.8, 4) is 11.5 Å². The van der Waals surface area contributed by atoms with Crippen LogP contribution in [-0.2, 0) is 5.54 Å². The van der Waals surface area contributed by atoms with E-state index in [1.165, 1.54) is 18.3 Å². The van der Waals surface area contributed by atoms with Crippen LogP contribution in [0.15, 0.2) is 27.9 Å². The molecular formula is C12H11F3N4OS. The summed E-state index contributed by atoms with van der Waals surface area (Å²) in [6.07, 6.45) is 3.74. The van der Waals surface area contributed by atoms with E-state index in [-0.39, 0.29) is 28.2 Å². The van der Waals surface area contributed by atoms with Crippen LogP contribution in [-0.4, -0.2) is 20.6 Å². The first-order chi connectivity index (χ1) is 9.87. The molecule has 0 aromatic carbocycles. The van der Waals surface area contributed by atoms with Crippen molar-refractivity contribution in [1.82, 2.24) is 15.1 Å². The number of alkyl halides is 3. The summed E-state index contributed by atoms with van der Waals surface area (Å²) in [6, 6.07) is 2.98. The lowest BCUT2D eigenvalue weighted by Gasteiger charge is -2.34. The molecule has 112 valence electrons. The van der Waals surface area contributed by atoms with Crippen LogP contribution in [0.2, 0.25) is 0 Å². The van der Waals surface area contributed by atoms with E-state index in [0.29, 0.717) is 5.82 Å². The maximum atomic E-state index is 12.5. The normalized spacial score (nSPS) is 17.5. The molecule has 0 radical (unpaired) electrons. The monoisotopic (exact) mass is 316 g/mol. The van der Waals surface area contributed by atoms with E-state index in [2.05, 4.69) is 15.1 Å². The van der Waals surface area contributed by atoms with Gasteiger partial charge in [-0.3, -0.25) is 0 Å². The third kappa shape index (κ3) is 2.88. The van der Waals surface area contributed by atoms with E-state index in [0.717, 1.165) is 19.3 Å². The van der Waals surface area contributed by atoms with Gasteiger partial charge >= 0.3 is 5.51 Å². The van der Waals surface area contributed by atoms with Crippen molar-refractivity contribution >= 4 is 11.8 Å². The fourth-order valence-corrected chi connectivity index (χ4v) is 2.66. The van der Waals surface area contributed by atoms with Gasteiger partial charge in [0.25, 0.3) is 5.89 Å². The van der Waals surface area contributed by atoms with Gasteiger partial charge < -0.3 is 10.3 Å². The summed E-state index contributed by atoms with van der Waals surface area (Å²) in [5, 5.41) is 3.57. The molecule has 0 bridgehead atoms. The van der Waals surface area contributed by atoms with Crippen LogP contribution in [0.25, 0.3) is 11.5 Å². The Labute approximate surface area is 122 Å². The second-order valence-electron chi connectivity index (χ2n) is 4.84. The zero-order valence-electron chi connectivity index (χ0n) is 10.7. The Morgan fingerprint density at radius 2 is 2.10 bits per heavy atom. The summed E-state index contributed by atoms with van der Waals surface area (Å²) in [5.74, 6) is 0.331. The summed E-state index contributed by atoms with van der Waals surface area (Å²) in [6.45, 7) is 0. The number of nitrogens with zero attached hydrogens (tertiary/aromatic N) is 3. The van der Waals surface area contributed by atoms with Crippen LogP contribution in [0.3, 0.4) is 0 Å². The first-order valence-electron chi connectivity index (χ1n) is 6.22. The molecule has 0 spiro atoms. The summed E-state index contributed by atoms with van der Waals surface area (Å²) < 4.78 is 42.7. The molecule has 1 fully saturated rings. The minimum absolute atomic E-state index is 0.00146. The standard InChI is InChI=1S/C12H11F3N4OS/c13-12(14,15)21-9-7(3-1-6-17-9)8-18-10(19-20-8)11(16)4-2-5-11/h1,3,6H,2,4-5,16H2. The Morgan fingerprint density at radius 1 is 1.33 bits per heavy atom. The van der Waals surface area contributed by atoms with Gasteiger partial charge in [0.15, 0.2) is 5.82 Å². The molecule has 0 saturated heterocycles. The number of aromatic nitrogens is 3. The van der Waals surface area contributed by atoms with E-state index in [1.807, 2.05) is 0 Å². The minimum Gasteiger partial charge on any atom is -0.334 e. The molecule has 1 aliphatic rings. The average molecular weight is 316 g/mol. The van der Waals surface area contributed by atoms with Crippen molar-refractivity contribution < 1.29 is 17.7 Å². The second kappa shape index (κ2) is 4.99. The van der Waals surface area contributed by atoms with Crippen molar-refractivity contribution in [2.45, 2.75) is 35.3 Å². The maximum Gasteiger partial charge on any atom is 0.447 e. The van der Waals surface area contributed by atoms with Crippen LogP contribution >= 0.6 is 11.8 Å². The molecule has 0 atom stereocenters. The third-order valence-electron chi connectivity index (χ3n) is 3.33. The van der Waals surface area contributed by atoms with Gasteiger partial charge in [-0.25, -0.2) is 4.98 Å². The molecule has 1 aliphatic carbocycles. The molecule has 0 unspecified atom stereocenters. The van der Waals surface area contributed by atoms with Gasteiger partial charge in [-0.05, 0) is 31.4 Å². The van der Waals surface area contributed by atoms with Gasteiger partial charge in [0.1, 0.15) is 5.03 Å². The highest BCUT2D eigenvalue weighted by molar-refractivity contribution is 8.00. The van der Waals surface area contributed by atoms with E-state index < -0.39 is 11.0 Å². The Kier molecular flexibility index (Phi) is 3.40. The number of pyridine rings is 1. The Hall–Kier alpha value is -1.61. The molecule has 3 rings (SSSR count). The highest BCUT2D eigenvalue weighted by Gasteiger charge is 2.39. The van der Waals surface area contributed by atoms with Crippen molar-refractivity contribution in [3.05, 3.63) is 24.2 Å². The molecule has 2 heterocycles. The highest BCUT2D eigenvalue weighted by atomic mass is 32.2. The lowest BCUT2D eigenvalue weighted by atomic mass is 9.77. The van der Waals surface area contributed by atoms with Crippen LogP contribution < -0.4 is 5.73 Å². The van der Waals surface area contributed by atoms with Crippen molar-refractivity contribution in [3.63, 3.8) is 0 Å². The first kappa shape index (κ1) is 14.3. The van der Waals surface area contributed by atoms with E-state index in [4.69, 9.17) is 10.3 Å². The van der Waals surface area contributed by atoms with Gasteiger partial charge in [-0.1, -0.05) is 5.16 Å². The zero-order valence-corrected chi connectivity index (χ0v) is 11.5. The largest absolute Gasteiger partial charge is 0.447 e. The topological polar surface area (TPSA) is 77.8 Å². The zero-order chi connectivity index (χ0) is 15.1. The number of nitrogens with two attached hydrogens (primary N) is 1. The van der Waals surface area contributed by atoms with Crippen LogP contribution in [0, 0.1) is 0 Å². The number of halogens is 3. The van der Waals surface area contributed by atoms with Gasteiger partial charge in [-0.2, -0.15) is 18.2 Å². The van der Waals surface area contributed by atoms with Gasteiger partial charge in [0.2, 0.25) is 0 Å². The summed E-state index contributed by atoms with van der Waals surface area (Å²) in [5.41, 5.74) is 1.16. The lowest BCUT2D eigenvalue weighted by molar-refractivity contribution is -0.0329. The summed E-state index contributed by atoms with van der Waals surface area (Å²) in [7, 11) is 0. The second-order valence-corrected chi connectivity index (χ2v) is 5.89. The Morgan fingerprint density at radius 3 is 2.71 bits per heavy atom. The third-order valence-corrected chi connectivity index (χ3v) is 4.08. The lowest BCUT2D eigenvalue weighted by Crippen LogP contribution is -2.44. The van der Waals surface area contributed by atoms with Crippen LogP contribution in [0.4, 0.5) is 13.2 Å². The molecular weight excluding hydrogens is 305 g/mol. The molecule has 2 aromatic rings. The summed E-state index contributed by atoms with van der Waals surface area (Å²) >= 11 is -0.311. The molecule has 0 amide bonds. The minimum atomic E-state index is -4.44. The smallest absolute Gasteiger partial charge is 0.334 e. The number of thioether (sulfide) groups is 1. The average Bonchev–Trinajstić information content (AvgIpc) is 2.84. The summed E-state index contributed by atoms with van der Waals surface area (Å²) in [4.78, 5) is 7.87. The van der Waals surface area contributed by atoms with Gasteiger partial charge in [-0.15, -0.1) is 0 Å². The fraction of sp³-hybridized carbons (Fsp3) is 0.417. The Bertz CT molecular complexity index is 654. The number of rotatable bonds is 3. The quantitative estimate of drug-likeness (QED) is 0.877. The number of hydrogen-bond donors (Lipinski definition) is 1. The molecule has 9 heteroatoms. The molecule has 21 heavy (non-hydrogen) atoms. The first-order valence-corrected chi connectivity index (χ1v) is 7.03. The predicted octanol–water partition coefficient (Wildman–Crippen LogP) is 3.08. The molecule has 5 nitrogen and oxygen atoms in total. The van der Waals surface area contributed by atoms with E-state index in [1.54, 1.807) is 0 Å². The van der Waals surface area contributed by atoms with Crippen molar-refractivity contribution in [1.29, 1.82) is 0 Å². The van der Waals surface area contributed by atoms with E-state index >= 15 is 0 Å². The van der Waals surface area contributed by atoms with Gasteiger partial charge in [0.05, 0.1) is 11.1 Å². The van der Waals surface area contributed by atoms with Crippen molar-refractivity contribution in [2.24, 2.45) is 5.73 Å². The Balaban J connectivity index is 1.94. The van der Waals surface area contributed by atoms with Gasteiger partial charge in [0, 0.05) is 18.0 Å². The number of hydrogen-bond acceptors (Lipinski definition) is 6. The maximum absolute atomic E-state index is 12.5. The highest BCUT2D eigenvalue weighted by Crippen LogP contribution is 2.41. The predicted molar refractivity (Wildman–Crippen MR) is 69.2 cm³/mol. The molecule has 2 aromatic heterocycles. The fourth-order valence-electron chi connectivity index (χ4n) is 2.06. The molecule has 1 saturated carbocycles. The molecule has 2 N–H and O–H groups in total. The van der Waals surface area contributed by atoms with Crippen LogP contribution in [0.5, 0.6) is 0 Å². The van der Waals surface area contributed by atoms with Crippen molar-refractivity contribution in [2.75, 3.05) is 0 Å². The SMILES string of the molecule is NC1(c2noc(-c3cccnc3SC(F)(F)F)n2)CCC1. The van der Waals surface area contributed by atoms with Crippen LogP contribution in [0.1, 0.15) is 25.1 Å². The molecule has 0 aliphatic heterocycles. The van der Waals surface area contributed by atoms with E-state index in [9.17, 15) is 13.2 Å².